The first-order valence-corrected chi connectivity index (χ1v) is 9.84. The third-order valence-electron chi connectivity index (χ3n) is 5.18. The van der Waals surface area contributed by atoms with E-state index in [1.807, 2.05) is 43.5 Å². The number of hydrogen-bond donors (Lipinski definition) is 1. The average molecular weight is 384 g/mol. The van der Waals surface area contributed by atoms with Gasteiger partial charge in [-0.2, -0.15) is 0 Å². The molecule has 1 aromatic carbocycles. The maximum absolute atomic E-state index is 13.0. The van der Waals surface area contributed by atoms with E-state index in [1.54, 1.807) is 12.0 Å². The summed E-state index contributed by atoms with van der Waals surface area (Å²) in [4.78, 5) is 32.2. The van der Waals surface area contributed by atoms with Crippen LogP contribution in [0.2, 0.25) is 0 Å². The molecule has 0 unspecified atom stereocenters. The Morgan fingerprint density at radius 3 is 2.68 bits per heavy atom. The minimum absolute atomic E-state index is 0.125. The molecule has 0 saturated carbocycles. The Labute approximate surface area is 165 Å². The van der Waals surface area contributed by atoms with Crippen molar-refractivity contribution in [3.8, 4) is 5.75 Å². The zero-order chi connectivity index (χ0) is 20.3. The Morgan fingerprint density at radius 1 is 1.25 bits per heavy atom. The molecular formula is C21H28N4O3. The van der Waals surface area contributed by atoms with Gasteiger partial charge in [-0.15, -0.1) is 0 Å². The van der Waals surface area contributed by atoms with Crippen molar-refractivity contribution in [2.24, 2.45) is 0 Å². The third kappa shape index (κ3) is 3.74. The van der Waals surface area contributed by atoms with E-state index in [-0.39, 0.29) is 11.8 Å². The number of imidazole rings is 1. The summed E-state index contributed by atoms with van der Waals surface area (Å²) < 4.78 is 7.28. The second-order valence-electron chi connectivity index (χ2n) is 6.97. The first-order valence-electron chi connectivity index (χ1n) is 9.84. The fourth-order valence-electron chi connectivity index (χ4n) is 3.64. The van der Waals surface area contributed by atoms with Crippen LogP contribution in [-0.4, -0.2) is 46.5 Å². The molecule has 7 heteroatoms. The van der Waals surface area contributed by atoms with E-state index in [0.717, 1.165) is 30.5 Å². The van der Waals surface area contributed by atoms with Crippen LogP contribution in [0, 0.1) is 6.92 Å². The summed E-state index contributed by atoms with van der Waals surface area (Å²) in [5.41, 5.74) is 2.78. The molecule has 0 atom stereocenters. The molecule has 1 aliphatic heterocycles. The number of anilines is 1. The molecule has 150 valence electrons. The van der Waals surface area contributed by atoms with E-state index in [4.69, 9.17) is 4.74 Å². The summed E-state index contributed by atoms with van der Waals surface area (Å²) in [7, 11) is 1.57. The largest absolute Gasteiger partial charge is 0.495 e. The summed E-state index contributed by atoms with van der Waals surface area (Å²) in [5.74, 6) is 0.514. The zero-order valence-corrected chi connectivity index (χ0v) is 17.0. The van der Waals surface area contributed by atoms with Crippen LogP contribution in [0.5, 0.6) is 5.75 Å². The maximum Gasteiger partial charge on any atom is 0.289 e. The highest BCUT2D eigenvalue weighted by Gasteiger charge is 2.29. The van der Waals surface area contributed by atoms with E-state index in [9.17, 15) is 9.59 Å². The van der Waals surface area contributed by atoms with Gasteiger partial charge in [0, 0.05) is 19.6 Å². The zero-order valence-electron chi connectivity index (χ0n) is 17.0. The molecule has 1 N–H and O–H groups in total. The molecule has 7 nitrogen and oxygen atoms in total. The van der Waals surface area contributed by atoms with Crippen LogP contribution >= 0.6 is 0 Å². The molecular weight excluding hydrogens is 356 g/mol. The Balaban J connectivity index is 1.97. The maximum atomic E-state index is 13.0. The fraction of sp³-hybridized carbons (Fsp3) is 0.476. The van der Waals surface area contributed by atoms with Crippen LogP contribution in [0.1, 0.15) is 59.1 Å². The van der Waals surface area contributed by atoms with Crippen molar-refractivity contribution in [1.82, 2.24) is 14.5 Å². The van der Waals surface area contributed by atoms with Gasteiger partial charge in [0.05, 0.1) is 18.5 Å². The number of rotatable bonds is 6. The Bertz CT molecular complexity index is 884. The number of aryl methyl sites for hydroxylation is 1. The monoisotopic (exact) mass is 384 g/mol. The van der Waals surface area contributed by atoms with Crippen molar-refractivity contribution >= 4 is 17.5 Å². The quantitative estimate of drug-likeness (QED) is 0.829. The number of carbonyl (C=O) groups is 2. The minimum atomic E-state index is -0.312. The highest BCUT2D eigenvalue weighted by atomic mass is 16.5. The molecule has 1 aliphatic rings. The summed E-state index contributed by atoms with van der Waals surface area (Å²) in [6, 6.07) is 5.61. The van der Waals surface area contributed by atoms with Gasteiger partial charge in [0.2, 0.25) is 0 Å². The van der Waals surface area contributed by atoms with E-state index in [1.165, 1.54) is 0 Å². The predicted octanol–water partition coefficient (Wildman–Crippen LogP) is 3.27. The molecule has 0 spiro atoms. The highest BCUT2D eigenvalue weighted by Crippen LogP contribution is 2.27. The summed E-state index contributed by atoms with van der Waals surface area (Å²) in [6.07, 6.45) is 2.71. The van der Waals surface area contributed by atoms with Gasteiger partial charge in [-0.1, -0.05) is 6.07 Å². The van der Waals surface area contributed by atoms with Crippen molar-refractivity contribution in [3.63, 3.8) is 0 Å². The van der Waals surface area contributed by atoms with Crippen LogP contribution in [0.25, 0.3) is 0 Å². The Kier molecular flexibility index (Phi) is 6.02. The lowest BCUT2D eigenvalue weighted by Gasteiger charge is -2.21. The number of carbonyl (C=O) groups excluding carboxylic acids is 2. The first kappa shape index (κ1) is 19.9. The van der Waals surface area contributed by atoms with Gasteiger partial charge in [-0.05, 0) is 57.7 Å². The van der Waals surface area contributed by atoms with Crippen LogP contribution in [0.4, 0.5) is 5.69 Å². The molecule has 0 saturated heterocycles. The molecule has 3 rings (SSSR count). The average Bonchev–Trinajstić information content (AvgIpc) is 3.09. The SMILES string of the molecule is CCN(CC)C(=O)c1nc(C(=O)Nc2cc(C)ccc2OC)c2n1CCCC2. The number of amides is 2. The Morgan fingerprint density at radius 2 is 2.00 bits per heavy atom. The standard InChI is InChI=1S/C21H28N4O3/c1-5-24(6-2)21(27)19-23-18(16-9-7-8-12-25(16)19)20(26)22-15-13-14(3)10-11-17(15)28-4/h10-11,13H,5-9,12H2,1-4H3,(H,22,26). The third-order valence-corrected chi connectivity index (χ3v) is 5.18. The van der Waals surface area contributed by atoms with Gasteiger partial charge in [-0.25, -0.2) is 4.98 Å². The van der Waals surface area contributed by atoms with Crippen molar-refractivity contribution in [3.05, 3.63) is 41.0 Å². The number of hydrogen-bond acceptors (Lipinski definition) is 4. The summed E-state index contributed by atoms with van der Waals surface area (Å²) >= 11 is 0. The van der Waals surface area contributed by atoms with E-state index in [2.05, 4.69) is 10.3 Å². The number of fused-ring (bicyclic) bond motifs is 1. The number of ether oxygens (including phenoxy) is 1. The number of methoxy groups -OCH3 is 1. The molecule has 1 aromatic heterocycles. The molecule has 0 bridgehead atoms. The van der Waals surface area contributed by atoms with Crippen LogP contribution in [0.15, 0.2) is 18.2 Å². The second-order valence-corrected chi connectivity index (χ2v) is 6.97. The topological polar surface area (TPSA) is 76.5 Å². The number of nitrogens with zero attached hydrogens (tertiary/aromatic N) is 3. The second kappa shape index (κ2) is 8.46. The Hall–Kier alpha value is -2.83. The van der Waals surface area contributed by atoms with Crippen molar-refractivity contribution in [1.29, 1.82) is 0 Å². The number of benzene rings is 1. The lowest BCUT2D eigenvalue weighted by molar-refractivity contribution is 0.0754. The van der Waals surface area contributed by atoms with Gasteiger partial charge in [0.25, 0.3) is 11.8 Å². The highest BCUT2D eigenvalue weighted by molar-refractivity contribution is 6.05. The smallest absolute Gasteiger partial charge is 0.289 e. The molecule has 28 heavy (non-hydrogen) atoms. The first-order chi connectivity index (χ1) is 13.5. The fourth-order valence-corrected chi connectivity index (χ4v) is 3.64. The summed E-state index contributed by atoms with van der Waals surface area (Å²) in [6.45, 7) is 7.78. The number of aromatic nitrogens is 2. The lowest BCUT2D eigenvalue weighted by atomic mass is 10.1. The van der Waals surface area contributed by atoms with Gasteiger partial charge in [0.1, 0.15) is 5.75 Å². The molecule has 0 fully saturated rings. The van der Waals surface area contributed by atoms with Crippen molar-refractivity contribution < 1.29 is 14.3 Å². The van der Waals surface area contributed by atoms with Crippen molar-refractivity contribution in [2.75, 3.05) is 25.5 Å². The van der Waals surface area contributed by atoms with E-state index < -0.39 is 0 Å². The lowest BCUT2D eigenvalue weighted by Crippen LogP contribution is -2.33. The summed E-state index contributed by atoms with van der Waals surface area (Å²) in [5, 5.41) is 2.91. The van der Waals surface area contributed by atoms with Gasteiger partial charge >= 0.3 is 0 Å². The van der Waals surface area contributed by atoms with Crippen LogP contribution in [-0.2, 0) is 13.0 Å². The van der Waals surface area contributed by atoms with Gasteiger partial charge in [-0.3, -0.25) is 9.59 Å². The van der Waals surface area contributed by atoms with Gasteiger partial charge in [0.15, 0.2) is 11.5 Å². The number of nitrogens with one attached hydrogen (secondary N) is 1. The van der Waals surface area contributed by atoms with Crippen LogP contribution < -0.4 is 10.1 Å². The van der Waals surface area contributed by atoms with E-state index >= 15 is 0 Å². The molecule has 0 aliphatic carbocycles. The van der Waals surface area contributed by atoms with Gasteiger partial charge < -0.3 is 19.5 Å². The minimum Gasteiger partial charge on any atom is -0.495 e. The molecule has 0 radical (unpaired) electrons. The molecule has 2 amide bonds. The van der Waals surface area contributed by atoms with Crippen molar-refractivity contribution in [2.45, 2.75) is 46.6 Å². The molecule has 2 heterocycles. The normalized spacial score (nSPS) is 13.0. The predicted molar refractivity (Wildman–Crippen MR) is 108 cm³/mol. The molecule has 2 aromatic rings. The van der Waals surface area contributed by atoms with E-state index in [0.29, 0.717) is 42.6 Å². The van der Waals surface area contributed by atoms with Crippen LogP contribution in [0.3, 0.4) is 0 Å².